The molecule has 0 spiro atoms. The van der Waals surface area contributed by atoms with Crippen molar-refractivity contribution in [2.45, 2.75) is 70.6 Å². The van der Waals surface area contributed by atoms with Crippen molar-refractivity contribution >= 4 is 5.91 Å². The zero-order chi connectivity index (χ0) is 14.0. The topological polar surface area (TPSA) is 35.6 Å². The molecule has 2 bridgehead atoms. The quantitative estimate of drug-likeness (QED) is 0.819. The smallest absolute Gasteiger partial charge is 0.239 e. The van der Waals surface area contributed by atoms with Crippen molar-refractivity contribution in [3.63, 3.8) is 0 Å². The number of nitrogens with one attached hydrogen (secondary N) is 1. The minimum Gasteiger partial charge on any atom is -0.342 e. The predicted octanol–water partition coefficient (Wildman–Crippen LogP) is 1.46. The molecule has 1 N–H and O–H groups in total. The molecule has 0 aromatic carbocycles. The monoisotopic (exact) mass is 267 g/mol. The van der Waals surface area contributed by atoms with Gasteiger partial charge in [0.15, 0.2) is 0 Å². The van der Waals surface area contributed by atoms with Crippen LogP contribution in [0, 0.1) is 0 Å². The molecule has 2 aliphatic heterocycles. The summed E-state index contributed by atoms with van der Waals surface area (Å²) in [6, 6.07) is 1.90. The second-order valence-electron chi connectivity index (χ2n) is 5.98. The van der Waals surface area contributed by atoms with E-state index >= 15 is 0 Å². The van der Waals surface area contributed by atoms with Crippen LogP contribution in [0.25, 0.3) is 0 Å². The van der Waals surface area contributed by atoms with E-state index < -0.39 is 0 Å². The van der Waals surface area contributed by atoms with Crippen LogP contribution in [0.3, 0.4) is 0 Å². The van der Waals surface area contributed by atoms with Crippen molar-refractivity contribution in [1.29, 1.82) is 0 Å². The van der Waals surface area contributed by atoms with Gasteiger partial charge in [0, 0.05) is 31.2 Å². The van der Waals surface area contributed by atoms with Crippen LogP contribution in [0.5, 0.6) is 0 Å². The number of likely N-dealkylation sites (N-methyl/N-ethyl adjacent to an activating group) is 1. The van der Waals surface area contributed by atoms with E-state index in [1.165, 1.54) is 25.7 Å². The summed E-state index contributed by atoms with van der Waals surface area (Å²) in [6.07, 6.45) is 4.92. The lowest BCUT2D eigenvalue weighted by atomic mass is 9.95. The Hall–Kier alpha value is -0.610. The van der Waals surface area contributed by atoms with Gasteiger partial charge >= 0.3 is 0 Å². The highest BCUT2D eigenvalue weighted by Crippen LogP contribution is 2.37. The molecule has 3 unspecified atom stereocenters. The Labute approximate surface area is 117 Å². The molecule has 19 heavy (non-hydrogen) atoms. The van der Waals surface area contributed by atoms with Gasteiger partial charge in [-0.25, -0.2) is 0 Å². The van der Waals surface area contributed by atoms with Crippen LogP contribution < -0.4 is 5.32 Å². The maximum absolute atomic E-state index is 12.5. The molecule has 2 saturated heterocycles. The van der Waals surface area contributed by atoms with Crippen molar-refractivity contribution < 1.29 is 4.79 Å². The molecule has 0 aliphatic carbocycles. The van der Waals surface area contributed by atoms with Crippen LogP contribution in [0.1, 0.15) is 46.5 Å². The molecule has 2 fully saturated rings. The number of hydrogen-bond donors (Lipinski definition) is 1. The summed E-state index contributed by atoms with van der Waals surface area (Å²) in [5.74, 6) is 0.310. The Bertz CT molecular complexity index is 303. The first-order valence-electron chi connectivity index (χ1n) is 7.85. The molecular weight excluding hydrogens is 238 g/mol. The number of hydrogen-bond acceptors (Lipinski definition) is 3. The molecule has 0 radical (unpaired) electrons. The lowest BCUT2D eigenvalue weighted by Gasteiger charge is -2.42. The van der Waals surface area contributed by atoms with E-state index in [2.05, 4.69) is 38.0 Å². The van der Waals surface area contributed by atoms with Crippen LogP contribution in [-0.2, 0) is 4.79 Å². The Morgan fingerprint density at radius 1 is 1.26 bits per heavy atom. The molecule has 2 rings (SSSR count). The summed E-state index contributed by atoms with van der Waals surface area (Å²) >= 11 is 0. The lowest BCUT2D eigenvalue weighted by Crippen LogP contribution is -2.56. The van der Waals surface area contributed by atoms with Crippen molar-refractivity contribution in [2.24, 2.45) is 0 Å². The number of rotatable bonds is 5. The van der Waals surface area contributed by atoms with Gasteiger partial charge in [-0.1, -0.05) is 0 Å². The number of piperidine rings is 1. The number of carbonyl (C=O) groups excluding carboxylic acids is 1. The zero-order valence-corrected chi connectivity index (χ0v) is 12.9. The van der Waals surface area contributed by atoms with E-state index in [1.54, 1.807) is 0 Å². The summed E-state index contributed by atoms with van der Waals surface area (Å²) in [7, 11) is 2.06. The minimum atomic E-state index is 0.0511. The fourth-order valence-electron chi connectivity index (χ4n) is 4.01. The molecule has 3 atom stereocenters. The van der Waals surface area contributed by atoms with E-state index in [-0.39, 0.29) is 6.04 Å². The molecule has 0 saturated carbocycles. The van der Waals surface area contributed by atoms with E-state index in [4.69, 9.17) is 0 Å². The SMILES string of the molecule is CCN(CC)C(=O)C(C)N1C2CCC1CC(NC)C2. The van der Waals surface area contributed by atoms with Gasteiger partial charge in [0.05, 0.1) is 6.04 Å². The van der Waals surface area contributed by atoms with Crippen LogP contribution in [-0.4, -0.2) is 60.0 Å². The Balaban J connectivity index is 2.04. The van der Waals surface area contributed by atoms with Crippen LogP contribution in [0.2, 0.25) is 0 Å². The summed E-state index contributed by atoms with van der Waals surface area (Å²) in [5, 5.41) is 3.42. The highest BCUT2D eigenvalue weighted by Gasteiger charge is 2.44. The summed E-state index contributed by atoms with van der Waals surface area (Å²) in [4.78, 5) is 17.0. The van der Waals surface area contributed by atoms with Gasteiger partial charge in [-0.15, -0.1) is 0 Å². The van der Waals surface area contributed by atoms with Crippen molar-refractivity contribution in [1.82, 2.24) is 15.1 Å². The number of nitrogens with zero attached hydrogens (tertiary/aromatic N) is 2. The third-order valence-electron chi connectivity index (χ3n) is 5.08. The van der Waals surface area contributed by atoms with Gasteiger partial charge in [0.2, 0.25) is 5.91 Å². The third-order valence-corrected chi connectivity index (χ3v) is 5.08. The summed E-state index contributed by atoms with van der Waals surface area (Å²) in [6.45, 7) is 7.88. The van der Waals surface area contributed by atoms with Gasteiger partial charge in [-0.3, -0.25) is 9.69 Å². The van der Waals surface area contributed by atoms with Crippen LogP contribution in [0.4, 0.5) is 0 Å². The zero-order valence-electron chi connectivity index (χ0n) is 12.9. The molecule has 4 heteroatoms. The standard InChI is InChI=1S/C15H29N3O/c1-5-17(6-2)15(19)11(3)18-13-7-8-14(18)10-12(9-13)16-4/h11-14,16H,5-10H2,1-4H3. The average Bonchev–Trinajstić information content (AvgIpc) is 2.69. The Morgan fingerprint density at radius 2 is 1.79 bits per heavy atom. The molecule has 1 amide bonds. The van der Waals surface area contributed by atoms with Crippen LogP contribution >= 0.6 is 0 Å². The fourth-order valence-corrected chi connectivity index (χ4v) is 4.01. The molecule has 0 aromatic rings. The van der Waals surface area contributed by atoms with E-state index in [0.29, 0.717) is 24.0 Å². The maximum atomic E-state index is 12.5. The fraction of sp³-hybridized carbons (Fsp3) is 0.933. The van der Waals surface area contributed by atoms with Gasteiger partial charge in [-0.05, 0) is 53.5 Å². The molecule has 2 aliphatic rings. The van der Waals surface area contributed by atoms with Gasteiger partial charge in [-0.2, -0.15) is 0 Å². The van der Waals surface area contributed by atoms with Crippen molar-refractivity contribution in [3.05, 3.63) is 0 Å². The van der Waals surface area contributed by atoms with E-state index in [0.717, 1.165) is 13.1 Å². The first-order valence-corrected chi connectivity index (χ1v) is 7.85. The molecular formula is C15H29N3O. The minimum absolute atomic E-state index is 0.0511. The number of carbonyl (C=O) groups is 1. The summed E-state index contributed by atoms with van der Waals surface area (Å²) in [5.41, 5.74) is 0. The summed E-state index contributed by atoms with van der Waals surface area (Å²) < 4.78 is 0. The van der Waals surface area contributed by atoms with Gasteiger partial charge in [0.25, 0.3) is 0 Å². The maximum Gasteiger partial charge on any atom is 0.239 e. The first-order chi connectivity index (χ1) is 9.12. The van der Waals surface area contributed by atoms with E-state index in [9.17, 15) is 4.79 Å². The van der Waals surface area contributed by atoms with Gasteiger partial charge < -0.3 is 10.2 Å². The lowest BCUT2D eigenvalue weighted by molar-refractivity contribution is -0.138. The van der Waals surface area contributed by atoms with Crippen molar-refractivity contribution in [3.8, 4) is 0 Å². The second-order valence-corrected chi connectivity index (χ2v) is 5.98. The predicted molar refractivity (Wildman–Crippen MR) is 78.1 cm³/mol. The van der Waals surface area contributed by atoms with E-state index in [1.807, 2.05) is 4.90 Å². The largest absolute Gasteiger partial charge is 0.342 e. The normalized spacial score (nSPS) is 32.3. The number of amides is 1. The third kappa shape index (κ3) is 2.79. The average molecular weight is 267 g/mol. The highest BCUT2D eigenvalue weighted by atomic mass is 16.2. The Morgan fingerprint density at radius 3 is 2.21 bits per heavy atom. The van der Waals surface area contributed by atoms with Crippen LogP contribution in [0.15, 0.2) is 0 Å². The molecule has 0 aromatic heterocycles. The molecule has 4 nitrogen and oxygen atoms in total. The van der Waals surface area contributed by atoms with Gasteiger partial charge in [0.1, 0.15) is 0 Å². The Kier molecular flexibility index (Phi) is 4.85. The molecule has 110 valence electrons. The number of fused-ring (bicyclic) bond motifs is 2. The molecule has 2 heterocycles. The van der Waals surface area contributed by atoms with Crippen molar-refractivity contribution in [2.75, 3.05) is 20.1 Å². The first kappa shape index (κ1) is 14.8. The second kappa shape index (κ2) is 6.23. The highest BCUT2D eigenvalue weighted by molar-refractivity contribution is 5.81.